The molecule has 0 bridgehead atoms. The average Bonchev–Trinajstić information content (AvgIpc) is 2.38. The van der Waals surface area contributed by atoms with Gasteiger partial charge in [-0.1, -0.05) is 18.2 Å². The molecule has 0 spiro atoms. The lowest BCUT2D eigenvalue weighted by Gasteiger charge is -2.34. The molecule has 0 aliphatic carbocycles. The number of halogens is 3. The van der Waals surface area contributed by atoms with Crippen LogP contribution in [0, 0.1) is 5.92 Å². The van der Waals surface area contributed by atoms with Gasteiger partial charge in [-0.05, 0) is 25.5 Å². The van der Waals surface area contributed by atoms with E-state index in [1.165, 1.54) is 0 Å². The highest BCUT2D eigenvalue weighted by molar-refractivity contribution is 5.47. The molecule has 2 atom stereocenters. The molecule has 3 N–H and O–H groups in total. The van der Waals surface area contributed by atoms with Crippen molar-refractivity contribution in [2.75, 3.05) is 25.4 Å². The van der Waals surface area contributed by atoms with Gasteiger partial charge in [0, 0.05) is 24.3 Å². The first-order valence-electron chi connectivity index (χ1n) is 6.69. The number of rotatable bonds is 3. The van der Waals surface area contributed by atoms with Crippen molar-refractivity contribution in [1.82, 2.24) is 4.90 Å². The molecule has 1 saturated heterocycles. The van der Waals surface area contributed by atoms with E-state index in [4.69, 9.17) is 5.73 Å². The van der Waals surface area contributed by atoms with Crippen LogP contribution in [0.5, 0.6) is 0 Å². The molecule has 112 valence electrons. The summed E-state index contributed by atoms with van der Waals surface area (Å²) < 4.78 is 38.2. The summed E-state index contributed by atoms with van der Waals surface area (Å²) in [4.78, 5) is 1.67. The van der Waals surface area contributed by atoms with E-state index in [1.807, 2.05) is 0 Å². The molecule has 0 aromatic heterocycles. The first kappa shape index (κ1) is 15.1. The van der Waals surface area contributed by atoms with E-state index in [0.29, 0.717) is 24.2 Å². The number of piperidine rings is 1. The number of anilines is 1. The van der Waals surface area contributed by atoms with Gasteiger partial charge in [-0.3, -0.25) is 4.90 Å². The molecule has 2 unspecified atom stereocenters. The van der Waals surface area contributed by atoms with E-state index < -0.39 is 18.2 Å². The highest BCUT2D eigenvalue weighted by atomic mass is 19.4. The third-order valence-corrected chi connectivity index (χ3v) is 3.75. The summed E-state index contributed by atoms with van der Waals surface area (Å²) in [6.45, 7) is 0.713. The Morgan fingerprint density at radius 1 is 1.35 bits per heavy atom. The van der Waals surface area contributed by atoms with E-state index in [1.54, 1.807) is 29.2 Å². The van der Waals surface area contributed by atoms with Crippen molar-refractivity contribution in [3.05, 3.63) is 29.8 Å². The zero-order valence-electron chi connectivity index (χ0n) is 11.1. The number of β-amino-alcohol motifs (C(OH)–C–C–N with tert-alkyl or cyclic N) is 1. The van der Waals surface area contributed by atoms with Gasteiger partial charge in [0.1, 0.15) is 0 Å². The predicted octanol–water partition coefficient (Wildman–Crippen LogP) is 2.58. The Morgan fingerprint density at radius 2 is 2.05 bits per heavy atom. The van der Waals surface area contributed by atoms with E-state index >= 15 is 0 Å². The molecule has 2 rings (SSSR count). The van der Waals surface area contributed by atoms with Crippen LogP contribution in [0.3, 0.4) is 0 Å². The van der Waals surface area contributed by atoms with Crippen molar-refractivity contribution < 1.29 is 18.3 Å². The van der Waals surface area contributed by atoms with Gasteiger partial charge in [-0.2, -0.15) is 13.2 Å². The number of nitrogens with zero attached hydrogens (tertiary/aromatic N) is 1. The second kappa shape index (κ2) is 6.01. The molecule has 1 fully saturated rings. The second-order valence-corrected chi connectivity index (χ2v) is 5.29. The molecular weight excluding hydrogens is 269 g/mol. The predicted molar refractivity (Wildman–Crippen MR) is 71.0 cm³/mol. The van der Waals surface area contributed by atoms with Crippen molar-refractivity contribution in [3.63, 3.8) is 0 Å². The summed E-state index contributed by atoms with van der Waals surface area (Å²) in [6, 6.07) is 6.88. The Labute approximate surface area is 116 Å². The summed E-state index contributed by atoms with van der Waals surface area (Å²) in [5.41, 5.74) is 6.80. The van der Waals surface area contributed by atoms with Crippen molar-refractivity contribution in [2.24, 2.45) is 5.92 Å². The first-order chi connectivity index (χ1) is 9.38. The number of benzene rings is 1. The van der Waals surface area contributed by atoms with Crippen molar-refractivity contribution >= 4 is 5.69 Å². The number of hydrogen-bond acceptors (Lipinski definition) is 3. The fraction of sp³-hybridized carbons (Fsp3) is 0.571. The van der Waals surface area contributed by atoms with Crippen LogP contribution in [-0.4, -0.2) is 35.8 Å². The van der Waals surface area contributed by atoms with Crippen LogP contribution >= 0.6 is 0 Å². The molecule has 1 aliphatic rings. The molecule has 1 aromatic rings. The zero-order chi connectivity index (χ0) is 14.8. The maximum Gasteiger partial charge on any atom is 0.393 e. The van der Waals surface area contributed by atoms with Gasteiger partial charge in [0.2, 0.25) is 0 Å². The lowest BCUT2D eigenvalue weighted by Crippen LogP contribution is -2.43. The van der Waals surface area contributed by atoms with E-state index in [-0.39, 0.29) is 19.5 Å². The normalized spacial score (nSPS) is 22.7. The van der Waals surface area contributed by atoms with Crippen LogP contribution in [0.4, 0.5) is 18.9 Å². The number of hydrogen-bond donors (Lipinski definition) is 2. The minimum atomic E-state index is -4.16. The summed E-state index contributed by atoms with van der Waals surface area (Å²) in [5, 5.41) is 10.1. The highest BCUT2D eigenvalue weighted by Crippen LogP contribution is 2.33. The smallest absolute Gasteiger partial charge is 0.393 e. The van der Waals surface area contributed by atoms with E-state index in [0.717, 1.165) is 0 Å². The fourth-order valence-corrected chi connectivity index (χ4v) is 2.65. The van der Waals surface area contributed by atoms with Crippen LogP contribution < -0.4 is 5.73 Å². The molecule has 1 heterocycles. The summed E-state index contributed by atoms with van der Waals surface area (Å²) >= 11 is 0. The van der Waals surface area contributed by atoms with E-state index in [9.17, 15) is 18.3 Å². The Bertz CT molecular complexity index is 450. The quantitative estimate of drug-likeness (QED) is 0.841. The van der Waals surface area contributed by atoms with Crippen LogP contribution in [-0.2, 0) is 0 Å². The lowest BCUT2D eigenvalue weighted by molar-refractivity contribution is -0.187. The number of likely N-dealkylation sites (tertiary alicyclic amines) is 1. The molecule has 3 nitrogen and oxygen atoms in total. The third-order valence-electron chi connectivity index (χ3n) is 3.75. The van der Waals surface area contributed by atoms with Gasteiger partial charge < -0.3 is 10.8 Å². The molecule has 0 saturated carbocycles. The molecule has 0 radical (unpaired) electrons. The van der Waals surface area contributed by atoms with Crippen molar-refractivity contribution in [1.29, 1.82) is 0 Å². The van der Waals surface area contributed by atoms with Gasteiger partial charge in [0.05, 0.1) is 12.0 Å². The number of aliphatic hydroxyl groups excluding tert-OH is 1. The van der Waals surface area contributed by atoms with Crippen LogP contribution in [0.25, 0.3) is 0 Å². The SMILES string of the molecule is Nc1ccccc1C(O)CN1CCCC(C(F)(F)F)C1. The Hall–Kier alpha value is -1.27. The molecule has 1 aliphatic heterocycles. The summed E-state index contributed by atoms with van der Waals surface area (Å²) in [6.07, 6.45) is -4.34. The number of aliphatic hydroxyl groups is 1. The third kappa shape index (κ3) is 3.64. The van der Waals surface area contributed by atoms with Gasteiger partial charge in [0.25, 0.3) is 0 Å². The van der Waals surface area contributed by atoms with Crippen molar-refractivity contribution in [3.8, 4) is 0 Å². The van der Waals surface area contributed by atoms with Gasteiger partial charge >= 0.3 is 6.18 Å². The van der Waals surface area contributed by atoms with Crippen LogP contribution in [0.1, 0.15) is 24.5 Å². The summed E-state index contributed by atoms with van der Waals surface area (Å²) in [7, 11) is 0. The second-order valence-electron chi connectivity index (χ2n) is 5.29. The Morgan fingerprint density at radius 3 is 2.70 bits per heavy atom. The number of alkyl halides is 3. The van der Waals surface area contributed by atoms with Crippen LogP contribution in [0.15, 0.2) is 24.3 Å². The minimum absolute atomic E-state index is 0.0483. The largest absolute Gasteiger partial charge is 0.398 e. The van der Waals surface area contributed by atoms with Gasteiger partial charge in [-0.15, -0.1) is 0 Å². The van der Waals surface area contributed by atoms with Crippen LogP contribution in [0.2, 0.25) is 0 Å². The molecule has 0 amide bonds. The molecule has 1 aromatic carbocycles. The lowest BCUT2D eigenvalue weighted by atomic mass is 9.96. The Kier molecular flexibility index (Phi) is 4.55. The number of nitrogens with two attached hydrogens (primary N) is 1. The summed E-state index contributed by atoms with van der Waals surface area (Å²) in [5.74, 6) is -1.29. The zero-order valence-corrected chi connectivity index (χ0v) is 11.1. The standard InChI is InChI=1S/C14H19F3N2O/c15-14(16,17)10-4-3-7-19(8-10)9-13(20)11-5-1-2-6-12(11)18/h1-2,5-6,10,13,20H,3-4,7-9,18H2. The van der Waals surface area contributed by atoms with Gasteiger partial charge in [0.15, 0.2) is 0 Å². The molecular formula is C14H19F3N2O. The monoisotopic (exact) mass is 288 g/mol. The number of nitrogen functional groups attached to an aromatic ring is 1. The first-order valence-corrected chi connectivity index (χ1v) is 6.69. The van der Waals surface area contributed by atoms with E-state index in [2.05, 4.69) is 0 Å². The molecule has 20 heavy (non-hydrogen) atoms. The fourth-order valence-electron chi connectivity index (χ4n) is 2.65. The van der Waals surface area contributed by atoms with Gasteiger partial charge in [-0.25, -0.2) is 0 Å². The average molecular weight is 288 g/mol. The maximum atomic E-state index is 12.7. The maximum absolute atomic E-state index is 12.7. The topological polar surface area (TPSA) is 49.5 Å². The Balaban J connectivity index is 1.98. The highest BCUT2D eigenvalue weighted by Gasteiger charge is 2.41. The van der Waals surface area contributed by atoms with Crippen molar-refractivity contribution in [2.45, 2.75) is 25.1 Å². The minimum Gasteiger partial charge on any atom is -0.398 e. The number of para-hydroxylation sites is 1. The molecule has 6 heteroatoms.